The van der Waals surface area contributed by atoms with Crippen molar-refractivity contribution in [1.82, 2.24) is 24.5 Å². The van der Waals surface area contributed by atoms with Crippen molar-refractivity contribution >= 4 is 11.0 Å². The van der Waals surface area contributed by atoms with Crippen LogP contribution in [0.4, 0.5) is 8.78 Å². The highest BCUT2D eigenvalue weighted by molar-refractivity contribution is 5.85. The van der Waals surface area contributed by atoms with Crippen molar-refractivity contribution in [3.8, 4) is 11.3 Å². The molecule has 3 heterocycles. The number of nitrogens with zero attached hydrogens (tertiary/aromatic N) is 5. The summed E-state index contributed by atoms with van der Waals surface area (Å²) in [5.41, 5.74) is 3.04. The molecule has 116 valence electrons. The van der Waals surface area contributed by atoms with E-state index in [0.717, 1.165) is 17.8 Å². The van der Waals surface area contributed by atoms with Crippen molar-refractivity contribution in [1.29, 1.82) is 0 Å². The molecule has 3 rings (SSSR count). The lowest BCUT2D eigenvalue weighted by atomic mass is 10.1. The van der Waals surface area contributed by atoms with Crippen LogP contribution in [0.1, 0.15) is 30.3 Å². The molecule has 0 N–H and O–H groups in total. The highest BCUT2D eigenvalue weighted by Gasteiger charge is 2.21. The van der Waals surface area contributed by atoms with Crippen LogP contribution in [0, 0.1) is 13.8 Å². The van der Waals surface area contributed by atoms with Gasteiger partial charge in [-0.25, -0.2) is 13.8 Å². The fourth-order valence-electron chi connectivity index (χ4n) is 2.72. The van der Waals surface area contributed by atoms with Gasteiger partial charge in [0.25, 0.3) is 6.43 Å². The maximum absolute atomic E-state index is 13.5. The number of aromatic nitrogens is 5. The zero-order chi connectivity index (χ0) is 16.0. The predicted molar refractivity (Wildman–Crippen MR) is 79.8 cm³/mol. The summed E-state index contributed by atoms with van der Waals surface area (Å²) < 4.78 is 30.2. The van der Waals surface area contributed by atoms with Crippen molar-refractivity contribution in [2.45, 2.75) is 33.7 Å². The summed E-state index contributed by atoms with van der Waals surface area (Å²) in [4.78, 5) is 4.53. The Morgan fingerprint density at radius 3 is 2.50 bits per heavy atom. The SMILES string of the molecule is CCn1cc(-c2cc(C(F)F)c3c(C)nn(C)c3n2)c(C)n1. The van der Waals surface area contributed by atoms with Gasteiger partial charge in [-0.2, -0.15) is 10.2 Å². The first kappa shape index (κ1) is 14.6. The first-order valence-corrected chi connectivity index (χ1v) is 7.09. The Labute approximate surface area is 126 Å². The van der Waals surface area contributed by atoms with Crippen LogP contribution >= 0.6 is 0 Å². The first-order chi connectivity index (χ1) is 10.4. The second kappa shape index (κ2) is 5.15. The number of pyridine rings is 1. The zero-order valence-corrected chi connectivity index (χ0v) is 12.9. The van der Waals surface area contributed by atoms with Gasteiger partial charge in [0.05, 0.1) is 22.5 Å². The number of hydrogen-bond acceptors (Lipinski definition) is 3. The van der Waals surface area contributed by atoms with E-state index < -0.39 is 6.43 Å². The van der Waals surface area contributed by atoms with E-state index in [1.807, 2.05) is 20.0 Å². The molecule has 0 unspecified atom stereocenters. The Kier molecular flexibility index (Phi) is 3.42. The Morgan fingerprint density at radius 1 is 1.18 bits per heavy atom. The molecule has 0 saturated heterocycles. The van der Waals surface area contributed by atoms with Gasteiger partial charge in [0.2, 0.25) is 0 Å². The van der Waals surface area contributed by atoms with Crippen LogP contribution in [0.5, 0.6) is 0 Å². The Hall–Kier alpha value is -2.31. The Balaban J connectivity index is 2.31. The lowest BCUT2D eigenvalue weighted by Crippen LogP contribution is -1.96. The molecule has 0 radical (unpaired) electrons. The van der Waals surface area contributed by atoms with Crippen molar-refractivity contribution in [2.75, 3.05) is 0 Å². The van der Waals surface area contributed by atoms with Gasteiger partial charge in [-0.05, 0) is 26.8 Å². The van der Waals surface area contributed by atoms with E-state index in [9.17, 15) is 8.78 Å². The van der Waals surface area contributed by atoms with Gasteiger partial charge in [0, 0.05) is 30.9 Å². The van der Waals surface area contributed by atoms with Gasteiger partial charge in [0.15, 0.2) is 5.65 Å². The molecule has 7 heteroatoms. The average Bonchev–Trinajstić information content (AvgIpc) is 2.99. The predicted octanol–water partition coefficient (Wildman–Crippen LogP) is 3.41. The minimum atomic E-state index is -2.58. The van der Waals surface area contributed by atoms with Crippen LogP contribution < -0.4 is 0 Å². The molecule has 0 amide bonds. The summed E-state index contributed by atoms with van der Waals surface area (Å²) in [5.74, 6) is 0. The van der Waals surface area contributed by atoms with E-state index in [4.69, 9.17) is 0 Å². The average molecular weight is 305 g/mol. The Bertz CT molecular complexity index is 847. The van der Waals surface area contributed by atoms with Gasteiger partial charge >= 0.3 is 0 Å². The maximum atomic E-state index is 13.5. The summed E-state index contributed by atoms with van der Waals surface area (Å²) in [6.45, 7) is 6.26. The van der Waals surface area contributed by atoms with Gasteiger partial charge in [0.1, 0.15) is 0 Å². The van der Waals surface area contributed by atoms with E-state index in [2.05, 4.69) is 15.2 Å². The molecule has 3 aromatic heterocycles. The zero-order valence-electron chi connectivity index (χ0n) is 12.9. The van der Waals surface area contributed by atoms with E-state index in [0.29, 0.717) is 22.4 Å². The minimum absolute atomic E-state index is 0.0331. The third kappa shape index (κ3) is 2.17. The number of hydrogen-bond donors (Lipinski definition) is 0. The van der Waals surface area contributed by atoms with E-state index in [1.165, 1.54) is 6.07 Å². The quantitative estimate of drug-likeness (QED) is 0.745. The fraction of sp³-hybridized carbons (Fsp3) is 0.400. The molecular weight excluding hydrogens is 288 g/mol. The summed E-state index contributed by atoms with van der Waals surface area (Å²) >= 11 is 0. The third-order valence-electron chi connectivity index (χ3n) is 3.78. The summed E-state index contributed by atoms with van der Waals surface area (Å²) in [7, 11) is 1.71. The number of rotatable bonds is 3. The van der Waals surface area contributed by atoms with Crippen LogP contribution in [-0.4, -0.2) is 24.5 Å². The largest absolute Gasteiger partial charge is 0.272 e. The van der Waals surface area contributed by atoms with Crippen LogP contribution in [-0.2, 0) is 13.6 Å². The fourth-order valence-corrected chi connectivity index (χ4v) is 2.72. The molecule has 0 bridgehead atoms. The number of alkyl halides is 2. The molecule has 0 aliphatic carbocycles. The molecule has 0 atom stereocenters. The van der Waals surface area contributed by atoms with Crippen LogP contribution in [0.15, 0.2) is 12.3 Å². The molecule has 5 nitrogen and oxygen atoms in total. The van der Waals surface area contributed by atoms with Crippen LogP contribution in [0.3, 0.4) is 0 Å². The summed E-state index contributed by atoms with van der Waals surface area (Å²) in [6.07, 6.45) is -0.740. The standard InChI is InChI=1S/C15H17F2N5/c1-5-22-7-11(8(2)20-22)12-6-10(14(16)17)13-9(3)19-21(4)15(13)18-12/h6-7,14H,5H2,1-4H3. The highest BCUT2D eigenvalue weighted by atomic mass is 19.3. The van der Waals surface area contributed by atoms with Gasteiger partial charge < -0.3 is 0 Å². The second-order valence-electron chi connectivity index (χ2n) is 5.29. The molecule has 22 heavy (non-hydrogen) atoms. The summed E-state index contributed by atoms with van der Waals surface area (Å²) in [6, 6.07) is 1.45. The molecule has 0 aromatic carbocycles. The monoisotopic (exact) mass is 305 g/mol. The number of halogens is 2. The molecule has 3 aromatic rings. The van der Waals surface area contributed by atoms with Gasteiger partial charge in [-0.1, -0.05) is 0 Å². The summed E-state index contributed by atoms with van der Waals surface area (Å²) in [5, 5.41) is 9.00. The second-order valence-corrected chi connectivity index (χ2v) is 5.29. The highest BCUT2D eigenvalue weighted by Crippen LogP contribution is 2.33. The van der Waals surface area contributed by atoms with Crippen molar-refractivity contribution in [3.05, 3.63) is 29.2 Å². The number of fused-ring (bicyclic) bond motifs is 1. The Morgan fingerprint density at radius 2 is 1.91 bits per heavy atom. The topological polar surface area (TPSA) is 48.5 Å². The molecule has 0 aliphatic rings. The smallest absolute Gasteiger partial charge is 0.264 e. The van der Waals surface area contributed by atoms with Crippen molar-refractivity contribution < 1.29 is 8.78 Å². The molecule has 0 saturated carbocycles. The lowest BCUT2D eigenvalue weighted by Gasteiger charge is -2.06. The first-order valence-electron chi connectivity index (χ1n) is 7.09. The van der Waals surface area contributed by atoms with E-state index >= 15 is 0 Å². The molecule has 0 aliphatic heterocycles. The van der Waals surface area contributed by atoms with Crippen LogP contribution in [0.2, 0.25) is 0 Å². The normalized spacial score (nSPS) is 11.8. The van der Waals surface area contributed by atoms with Gasteiger partial charge in [-0.15, -0.1) is 0 Å². The van der Waals surface area contributed by atoms with Crippen molar-refractivity contribution in [2.24, 2.45) is 7.05 Å². The van der Waals surface area contributed by atoms with Crippen LogP contribution in [0.25, 0.3) is 22.3 Å². The van der Waals surface area contributed by atoms with Crippen molar-refractivity contribution in [3.63, 3.8) is 0 Å². The molecule has 0 fully saturated rings. The maximum Gasteiger partial charge on any atom is 0.264 e. The van der Waals surface area contributed by atoms with E-state index in [-0.39, 0.29) is 5.56 Å². The number of aryl methyl sites for hydroxylation is 4. The van der Waals surface area contributed by atoms with Gasteiger partial charge in [-0.3, -0.25) is 9.36 Å². The van der Waals surface area contributed by atoms with E-state index in [1.54, 1.807) is 23.3 Å². The third-order valence-corrected chi connectivity index (χ3v) is 3.78. The molecule has 0 spiro atoms. The molecular formula is C15H17F2N5. The lowest BCUT2D eigenvalue weighted by molar-refractivity contribution is 0.153. The minimum Gasteiger partial charge on any atom is -0.272 e.